The maximum atomic E-state index is 12.8. The van der Waals surface area contributed by atoms with Crippen LogP contribution in [0.2, 0.25) is 0 Å². The fourth-order valence-corrected chi connectivity index (χ4v) is 5.50. The molecule has 3 aliphatic heterocycles. The molecule has 6 nitrogen and oxygen atoms in total. The first-order valence-electron chi connectivity index (χ1n) is 12.8. The summed E-state index contributed by atoms with van der Waals surface area (Å²) in [6.45, 7) is 2.86. The van der Waals surface area contributed by atoms with E-state index in [1.54, 1.807) is 0 Å². The van der Waals surface area contributed by atoms with E-state index in [4.69, 9.17) is 14.2 Å². The van der Waals surface area contributed by atoms with Crippen LogP contribution in [0.3, 0.4) is 0 Å². The van der Waals surface area contributed by atoms with Crippen molar-refractivity contribution in [1.82, 2.24) is 4.90 Å². The summed E-state index contributed by atoms with van der Waals surface area (Å²) in [5.74, 6) is 1.78. The molecule has 0 aromatic heterocycles. The van der Waals surface area contributed by atoms with Crippen LogP contribution in [0.15, 0.2) is 106 Å². The molecular weight excluding hydrogens is 473 g/mol. The number of halogens is 1. The van der Waals surface area contributed by atoms with E-state index in [2.05, 4.69) is 4.90 Å². The summed E-state index contributed by atoms with van der Waals surface area (Å²) in [5, 5.41) is 21.7. The van der Waals surface area contributed by atoms with E-state index in [1.165, 1.54) is 6.26 Å². The number of hydrogen-bond donors (Lipinski definition) is 2. The molecule has 2 N–H and O–H groups in total. The lowest BCUT2D eigenvalue weighted by Gasteiger charge is -2.27. The largest absolute Gasteiger partial charge is 0.504 e. The van der Waals surface area contributed by atoms with Crippen molar-refractivity contribution < 1.29 is 28.8 Å². The number of allylic oxidation sites excluding steroid dienone is 8. The van der Waals surface area contributed by atoms with Gasteiger partial charge in [-0.1, -0.05) is 36.4 Å². The molecule has 6 rings (SSSR count). The second kappa shape index (κ2) is 9.98. The average molecular weight is 504 g/mol. The van der Waals surface area contributed by atoms with E-state index in [-0.39, 0.29) is 30.2 Å². The molecule has 192 valence electrons. The number of likely N-dealkylation sites (tertiary alicyclic amines) is 1. The van der Waals surface area contributed by atoms with Crippen molar-refractivity contribution in [3.8, 4) is 5.75 Å². The second-order valence-corrected chi connectivity index (χ2v) is 9.91. The zero-order chi connectivity index (χ0) is 25.4. The quantitative estimate of drug-likeness (QED) is 0.494. The Kier molecular flexibility index (Phi) is 6.38. The highest BCUT2D eigenvalue weighted by Gasteiger charge is 2.35. The predicted octanol–water partition coefficient (Wildman–Crippen LogP) is 6.02. The van der Waals surface area contributed by atoms with Gasteiger partial charge in [0, 0.05) is 48.1 Å². The van der Waals surface area contributed by atoms with Crippen molar-refractivity contribution in [1.29, 1.82) is 0 Å². The standard InChI is InChI=1S/C30H30FNO5/c31-16-19-11-12-32(17-19)13-14-35-22-8-5-20(6-9-22)21-7-10-24-27(15-21)37-30(34)29-23-3-1-2-4-26(23)36-18-25(33)28(24)29/h1,3,5-10,15,18-19,21,33-34H,2,4,11-14,16-17H2/t19-,21-/m0/s1. The lowest BCUT2D eigenvalue weighted by atomic mass is 9.84. The number of fused-ring (bicyclic) bond motifs is 3. The van der Waals surface area contributed by atoms with Gasteiger partial charge in [0.25, 0.3) is 5.95 Å². The van der Waals surface area contributed by atoms with Crippen molar-refractivity contribution in [3.05, 3.63) is 112 Å². The van der Waals surface area contributed by atoms with E-state index < -0.39 is 0 Å². The number of rotatable bonds is 6. The lowest BCUT2D eigenvalue weighted by molar-refractivity contribution is 0.142. The van der Waals surface area contributed by atoms with Crippen LogP contribution in [0, 0.1) is 5.92 Å². The van der Waals surface area contributed by atoms with E-state index in [0.29, 0.717) is 41.3 Å². The second-order valence-electron chi connectivity index (χ2n) is 9.91. The molecule has 0 bridgehead atoms. The average Bonchev–Trinajstić information content (AvgIpc) is 3.33. The van der Waals surface area contributed by atoms with E-state index >= 15 is 0 Å². The van der Waals surface area contributed by atoms with E-state index in [1.807, 2.05) is 54.6 Å². The normalized spacial score (nSPS) is 25.0. The summed E-state index contributed by atoms with van der Waals surface area (Å²) in [6.07, 6.45) is 13.6. The molecule has 0 saturated carbocycles. The molecule has 1 aromatic rings. The Balaban J connectivity index is 1.17. The summed E-state index contributed by atoms with van der Waals surface area (Å²) >= 11 is 0. The molecule has 7 heteroatoms. The molecule has 2 atom stereocenters. The molecule has 0 unspecified atom stereocenters. The first kappa shape index (κ1) is 23.7. The maximum absolute atomic E-state index is 12.8. The summed E-state index contributed by atoms with van der Waals surface area (Å²) in [5.41, 5.74) is 3.42. The highest BCUT2D eigenvalue weighted by Crippen LogP contribution is 2.45. The molecule has 5 aliphatic rings. The van der Waals surface area contributed by atoms with Crippen molar-refractivity contribution in [3.63, 3.8) is 0 Å². The molecular formula is C30H30FNO5. The Labute approximate surface area is 215 Å². The van der Waals surface area contributed by atoms with Gasteiger partial charge in [-0.3, -0.25) is 9.29 Å². The SMILES string of the molecule is OC1=COC2=C(C=CCC2)C2=C(O)OC3=C[C@@H](c4ccc(OCCN5CC[C@@H](CF)C5)cc4)C=CC3=C12. The van der Waals surface area contributed by atoms with Crippen molar-refractivity contribution in [2.75, 3.05) is 32.9 Å². The maximum Gasteiger partial charge on any atom is 0.291 e. The summed E-state index contributed by atoms with van der Waals surface area (Å²) in [7, 11) is 0. The number of aliphatic hydroxyl groups excluding tert-OH is 2. The molecule has 37 heavy (non-hydrogen) atoms. The van der Waals surface area contributed by atoms with Crippen LogP contribution in [0.4, 0.5) is 4.39 Å². The fraction of sp³-hybridized carbons (Fsp3) is 0.333. The number of benzene rings is 1. The van der Waals surface area contributed by atoms with E-state index in [9.17, 15) is 14.6 Å². The molecule has 1 aromatic carbocycles. The monoisotopic (exact) mass is 503 g/mol. The number of nitrogens with zero attached hydrogens (tertiary/aromatic N) is 1. The number of hydrogen-bond acceptors (Lipinski definition) is 6. The van der Waals surface area contributed by atoms with Gasteiger partial charge < -0.3 is 24.4 Å². The molecule has 0 amide bonds. The third-order valence-electron chi connectivity index (χ3n) is 7.50. The van der Waals surface area contributed by atoms with Crippen molar-refractivity contribution in [2.45, 2.75) is 25.2 Å². The summed E-state index contributed by atoms with van der Waals surface area (Å²) in [6, 6.07) is 7.92. The van der Waals surface area contributed by atoms with Crippen molar-refractivity contribution >= 4 is 0 Å². The van der Waals surface area contributed by atoms with Gasteiger partial charge in [0.15, 0.2) is 5.76 Å². The van der Waals surface area contributed by atoms with Crippen LogP contribution in [0.25, 0.3) is 0 Å². The minimum absolute atomic E-state index is 0.0488. The fourth-order valence-electron chi connectivity index (χ4n) is 5.50. The van der Waals surface area contributed by atoms with E-state index in [0.717, 1.165) is 49.4 Å². The van der Waals surface area contributed by atoms with Crippen LogP contribution in [-0.4, -0.2) is 48.0 Å². The third kappa shape index (κ3) is 4.60. The van der Waals surface area contributed by atoms with Crippen LogP contribution in [0.1, 0.15) is 30.7 Å². The Morgan fingerprint density at radius 3 is 2.76 bits per heavy atom. The number of aliphatic hydroxyl groups is 2. The van der Waals surface area contributed by atoms with Gasteiger partial charge in [-0.15, -0.1) is 0 Å². The van der Waals surface area contributed by atoms with Crippen molar-refractivity contribution in [2.24, 2.45) is 5.92 Å². The first-order valence-corrected chi connectivity index (χ1v) is 12.8. The van der Waals surface area contributed by atoms with Gasteiger partial charge in [0.05, 0.1) is 12.2 Å². The Bertz CT molecular complexity index is 1300. The summed E-state index contributed by atoms with van der Waals surface area (Å²) < 4.78 is 30.3. The Hall–Kier alpha value is -3.71. The third-order valence-corrected chi connectivity index (χ3v) is 7.50. The first-order chi connectivity index (χ1) is 18.1. The van der Waals surface area contributed by atoms with Gasteiger partial charge >= 0.3 is 0 Å². The number of alkyl halides is 1. The Morgan fingerprint density at radius 1 is 1.08 bits per heavy atom. The molecule has 0 spiro atoms. The van der Waals surface area contributed by atoms with Gasteiger partial charge in [0.2, 0.25) is 0 Å². The van der Waals surface area contributed by atoms with Crippen LogP contribution in [-0.2, 0) is 9.47 Å². The molecule has 0 radical (unpaired) electrons. The number of ether oxygens (including phenoxy) is 3. The molecule has 2 aliphatic carbocycles. The minimum Gasteiger partial charge on any atom is -0.504 e. The van der Waals surface area contributed by atoms with Crippen LogP contribution < -0.4 is 4.74 Å². The molecule has 3 heterocycles. The zero-order valence-corrected chi connectivity index (χ0v) is 20.5. The van der Waals surface area contributed by atoms with Gasteiger partial charge in [-0.25, -0.2) is 0 Å². The smallest absolute Gasteiger partial charge is 0.291 e. The highest BCUT2D eigenvalue weighted by atomic mass is 19.1. The lowest BCUT2D eigenvalue weighted by Crippen LogP contribution is -2.26. The van der Waals surface area contributed by atoms with Crippen LogP contribution in [0.5, 0.6) is 5.75 Å². The highest BCUT2D eigenvalue weighted by molar-refractivity contribution is 5.68. The van der Waals surface area contributed by atoms with Gasteiger partial charge in [0.1, 0.15) is 30.1 Å². The molecule has 1 saturated heterocycles. The minimum atomic E-state index is -0.247. The molecule has 1 fully saturated rings. The predicted molar refractivity (Wildman–Crippen MR) is 137 cm³/mol. The topological polar surface area (TPSA) is 71.4 Å². The summed E-state index contributed by atoms with van der Waals surface area (Å²) in [4.78, 5) is 2.25. The van der Waals surface area contributed by atoms with Crippen LogP contribution >= 0.6 is 0 Å². The zero-order valence-electron chi connectivity index (χ0n) is 20.5. The Morgan fingerprint density at radius 2 is 1.95 bits per heavy atom. The van der Waals surface area contributed by atoms with Gasteiger partial charge in [-0.05, 0) is 43.2 Å². The van der Waals surface area contributed by atoms with Gasteiger partial charge in [-0.2, -0.15) is 0 Å².